The van der Waals surface area contributed by atoms with Gasteiger partial charge in [-0.2, -0.15) is 0 Å². The molecule has 0 bridgehead atoms. The van der Waals surface area contributed by atoms with Crippen molar-refractivity contribution in [2.24, 2.45) is 0 Å². The van der Waals surface area contributed by atoms with Crippen molar-refractivity contribution in [3.63, 3.8) is 0 Å². The molecule has 1 amide bonds. The summed E-state index contributed by atoms with van der Waals surface area (Å²) < 4.78 is 0. The van der Waals surface area contributed by atoms with E-state index in [1.807, 2.05) is 36.4 Å². The normalized spacial score (nSPS) is 17.3. The Hall–Kier alpha value is -2.81. The number of hydrogen-bond acceptors (Lipinski definition) is 2. The number of rotatable bonds is 1. The minimum absolute atomic E-state index is 0.0105. The molecule has 0 fully saturated rings. The van der Waals surface area contributed by atoms with E-state index in [-0.39, 0.29) is 11.9 Å². The molecule has 0 unspecified atom stereocenters. The van der Waals surface area contributed by atoms with Crippen LogP contribution in [-0.4, -0.2) is 5.91 Å². The van der Waals surface area contributed by atoms with Gasteiger partial charge in [-0.3, -0.25) is 4.79 Å². The molecular weight excluding hydrogens is 272 g/mol. The standard InChI is InChI=1S/C19H16N2O/c22-19-12-16(13-6-2-1-3-7-13)20-17-10-14-8-4-5-9-15(14)11-18(17)21-19/h1-11,16,20H,12H2,(H,21,22)/t16-/m1/s1. The zero-order valence-electron chi connectivity index (χ0n) is 12.0. The first kappa shape index (κ1) is 12.9. The summed E-state index contributed by atoms with van der Waals surface area (Å²) in [5.74, 6) is 0.0374. The van der Waals surface area contributed by atoms with E-state index in [4.69, 9.17) is 0 Å². The zero-order valence-corrected chi connectivity index (χ0v) is 12.0. The summed E-state index contributed by atoms with van der Waals surface area (Å²) in [4.78, 5) is 12.2. The maximum atomic E-state index is 12.2. The molecule has 0 aromatic heterocycles. The molecule has 4 rings (SSSR count). The van der Waals surface area contributed by atoms with E-state index in [1.54, 1.807) is 0 Å². The Labute approximate surface area is 129 Å². The zero-order chi connectivity index (χ0) is 14.9. The highest BCUT2D eigenvalue weighted by Gasteiger charge is 2.22. The monoisotopic (exact) mass is 288 g/mol. The largest absolute Gasteiger partial charge is 0.376 e. The van der Waals surface area contributed by atoms with Gasteiger partial charge in [0.15, 0.2) is 0 Å². The van der Waals surface area contributed by atoms with Gasteiger partial charge in [0, 0.05) is 0 Å². The highest BCUT2D eigenvalue weighted by atomic mass is 16.1. The predicted octanol–water partition coefficient (Wildman–Crippen LogP) is 4.34. The third-order valence-corrected chi connectivity index (χ3v) is 4.08. The Kier molecular flexibility index (Phi) is 3.04. The van der Waals surface area contributed by atoms with Crippen molar-refractivity contribution < 1.29 is 4.79 Å². The number of carbonyl (C=O) groups excluding carboxylic acids is 1. The first-order valence-electron chi connectivity index (χ1n) is 7.44. The summed E-state index contributed by atoms with van der Waals surface area (Å²) in [6.45, 7) is 0. The minimum Gasteiger partial charge on any atom is -0.376 e. The van der Waals surface area contributed by atoms with Crippen molar-refractivity contribution in [2.45, 2.75) is 12.5 Å². The fourth-order valence-electron chi connectivity index (χ4n) is 2.98. The molecule has 3 aromatic rings. The van der Waals surface area contributed by atoms with Gasteiger partial charge in [0.05, 0.1) is 23.8 Å². The highest BCUT2D eigenvalue weighted by Crippen LogP contribution is 2.35. The van der Waals surface area contributed by atoms with Crippen molar-refractivity contribution in [1.29, 1.82) is 0 Å². The third kappa shape index (κ3) is 2.31. The van der Waals surface area contributed by atoms with Crippen LogP contribution in [0.3, 0.4) is 0 Å². The number of amides is 1. The van der Waals surface area contributed by atoms with Crippen LogP contribution >= 0.6 is 0 Å². The minimum atomic E-state index is -0.0105. The topological polar surface area (TPSA) is 41.1 Å². The predicted molar refractivity (Wildman–Crippen MR) is 90.0 cm³/mol. The van der Waals surface area contributed by atoms with Crippen LogP contribution in [0, 0.1) is 0 Å². The number of hydrogen-bond donors (Lipinski definition) is 2. The molecule has 0 saturated heterocycles. The van der Waals surface area contributed by atoms with E-state index in [1.165, 1.54) is 0 Å². The van der Waals surface area contributed by atoms with Gasteiger partial charge in [0.2, 0.25) is 5.91 Å². The maximum absolute atomic E-state index is 12.2. The van der Waals surface area contributed by atoms with Crippen molar-refractivity contribution in [3.05, 3.63) is 72.3 Å². The molecule has 3 aromatic carbocycles. The summed E-state index contributed by atoms with van der Waals surface area (Å²) >= 11 is 0. The number of anilines is 2. The number of nitrogens with one attached hydrogen (secondary N) is 2. The van der Waals surface area contributed by atoms with Crippen molar-refractivity contribution in [2.75, 3.05) is 10.6 Å². The van der Waals surface area contributed by atoms with Crippen LogP contribution in [0.25, 0.3) is 10.8 Å². The van der Waals surface area contributed by atoms with Gasteiger partial charge in [-0.05, 0) is 28.5 Å². The lowest BCUT2D eigenvalue weighted by atomic mass is 10.0. The van der Waals surface area contributed by atoms with Gasteiger partial charge >= 0.3 is 0 Å². The number of carbonyl (C=O) groups is 1. The summed E-state index contributed by atoms with van der Waals surface area (Å²) in [5.41, 5.74) is 2.94. The summed E-state index contributed by atoms with van der Waals surface area (Å²) in [7, 11) is 0. The summed E-state index contributed by atoms with van der Waals surface area (Å²) in [6.07, 6.45) is 0.426. The Bertz CT molecular complexity index is 842. The van der Waals surface area contributed by atoms with E-state index >= 15 is 0 Å². The lowest BCUT2D eigenvalue weighted by molar-refractivity contribution is -0.116. The molecule has 3 nitrogen and oxygen atoms in total. The Morgan fingerprint density at radius 2 is 1.45 bits per heavy atom. The number of benzene rings is 3. The SMILES string of the molecule is O=C1C[C@H](c2ccccc2)Nc2cc3ccccc3cc2N1. The molecule has 1 atom stereocenters. The second-order valence-corrected chi connectivity index (χ2v) is 5.60. The van der Waals surface area contributed by atoms with E-state index < -0.39 is 0 Å². The molecular formula is C19H16N2O. The van der Waals surface area contributed by atoms with Gasteiger partial charge < -0.3 is 10.6 Å². The molecule has 0 saturated carbocycles. The molecule has 1 aliphatic heterocycles. The smallest absolute Gasteiger partial charge is 0.226 e. The maximum Gasteiger partial charge on any atom is 0.226 e. The first-order chi connectivity index (χ1) is 10.8. The Morgan fingerprint density at radius 3 is 2.18 bits per heavy atom. The van der Waals surface area contributed by atoms with E-state index in [9.17, 15) is 4.79 Å². The Morgan fingerprint density at radius 1 is 0.818 bits per heavy atom. The molecule has 0 aliphatic carbocycles. The van der Waals surface area contributed by atoms with Crippen molar-refractivity contribution >= 4 is 28.1 Å². The van der Waals surface area contributed by atoms with Gasteiger partial charge in [-0.1, -0.05) is 54.6 Å². The second kappa shape index (κ2) is 5.19. The highest BCUT2D eigenvalue weighted by molar-refractivity contribution is 6.01. The van der Waals surface area contributed by atoms with E-state index in [0.29, 0.717) is 6.42 Å². The molecule has 2 N–H and O–H groups in total. The molecule has 3 heteroatoms. The van der Waals surface area contributed by atoms with Crippen LogP contribution in [0.4, 0.5) is 11.4 Å². The van der Waals surface area contributed by atoms with Crippen LogP contribution in [-0.2, 0) is 4.79 Å². The molecule has 22 heavy (non-hydrogen) atoms. The molecule has 108 valence electrons. The molecule has 1 heterocycles. The lowest BCUT2D eigenvalue weighted by Gasteiger charge is -2.17. The fourth-order valence-corrected chi connectivity index (χ4v) is 2.98. The quantitative estimate of drug-likeness (QED) is 0.699. The van der Waals surface area contributed by atoms with Crippen molar-refractivity contribution in [1.82, 2.24) is 0 Å². The second-order valence-electron chi connectivity index (χ2n) is 5.60. The van der Waals surface area contributed by atoms with Crippen LogP contribution in [0.2, 0.25) is 0 Å². The van der Waals surface area contributed by atoms with Gasteiger partial charge in [-0.25, -0.2) is 0 Å². The van der Waals surface area contributed by atoms with Crippen LogP contribution < -0.4 is 10.6 Å². The first-order valence-corrected chi connectivity index (χ1v) is 7.44. The molecule has 0 radical (unpaired) electrons. The van der Waals surface area contributed by atoms with E-state index in [0.717, 1.165) is 27.7 Å². The van der Waals surface area contributed by atoms with Gasteiger partial charge in [0.25, 0.3) is 0 Å². The average Bonchev–Trinajstić information content (AvgIpc) is 2.71. The van der Waals surface area contributed by atoms with Crippen molar-refractivity contribution in [3.8, 4) is 0 Å². The fraction of sp³-hybridized carbons (Fsp3) is 0.105. The van der Waals surface area contributed by atoms with Gasteiger partial charge in [0.1, 0.15) is 0 Å². The summed E-state index contributed by atoms with van der Waals surface area (Å²) in [6, 6.07) is 22.4. The molecule has 1 aliphatic rings. The lowest BCUT2D eigenvalue weighted by Crippen LogP contribution is -2.15. The summed E-state index contributed by atoms with van der Waals surface area (Å²) in [5, 5.41) is 8.82. The average molecular weight is 288 g/mol. The third-order valence-electron chi connectivity index (χ3n) is 4.08. The van der Waals surface area contributed by atoms with E-state index in [2.05, 4.69) is 41.0 Å². The number of fused-ring (bicyclic) bond motifs is 2. The Balaban J connectivity index is 1.80. The van der Waals surface area contributed by atoms with Crippen LogP contribution in [0.1, 0.15) is 18.0 Å². The van der Waals surface area contributed by atoms with Crippen LogP contribution in [0.15, 0.2) is 66.7 Å². The molecule has 0 spiro atoms. The van der Waals surface area contributed by atoms with Crippen LogP contribution in [0.5, 0.6) is 0 Å². The van der Waals surface area contributed by atoms with Gasteiger partial charge in [-0.15, -0.1) is 0 Å².